The fourth-order valence-electron chi connectivity index (χ4n) is 2.42. The van der Waals surface area contributed by atoms with Crippen LogP contribution < -0.4 is 5.73 Å². The molecule has 0 atom stereocenters. The number of piperazine rings is 1. The molecular formula is C15H25N5O. The fraction of sp³-hybridized carbons (Fsp3) is 0.667. The van der Waals surface area contributed by atoms with Crippen molar-refractivity contribution in [3.05, 3.63) is 17.7 Å². The fourth-order valence-corrected chi connectivity index (χ4v) is 2.42. The van der Waals surface area contributed by atoms with Crippen LogP contribution >= 0.6 is 0 Å². The van der Waals surface area contributed by atoms with Crippen molar-refractivity contribution < 1.29 is 4.79 Å². The number of hydrogen-bond acceptors (Lipinski definition) is 5. The first-order valence-corrected chi connectivity index (χ1v) is 7.35. The van der Waals surface area contributed by atoms with Crippen molar-refractivity contribution in [1.82, 2.24) is 19.8 Å². The largest absolute Gasteiger partial charge is 0.396 e. The van der Waals surface area contributed by atoms with E-state index >= 15 is 0 Å². The molecule has 0 aliphatic carbocycles. The first-order valence-electron chi connectivity index (χ1n) is 7.35. The number of rotatable bonds is 2. The number of nitrogen functional groups attached to an aromatic ring is 1. The van der Waals surface area contributed by atoms with E-state index in [4.69, 9.17) is 5.73 Å². The monoisotopic (exact) mass is 291 g/mol. The first kappa shape index (κ1) is 15.7. The summed E-state index contributed by atoms with van der Waals surface area (Å²) >= 11 is 0. The number of carbonyl (C=O) groups is 1. The van der Waals surface area contributed by atoms with Gasteiger partial charge >= 0.3 is 0 Å². The van der Waals surface area contributed by atoms with Crippen molar-refractivity contribution in [2.75, 3.05) is 32.4 Å². The molecule has 6 heteroatoms. The second-order valence-electron chi connectivity index (χ2n) is 6.65. The lowest BCUT2D eigenvalue weighted by atomic mass is 9.99. The van der Waals surface area contributed by atoms with Gasteiger partial charge in [-0.1, -0.05) is 13.8 Å². The molecule has 21 heavy (non-hydrogen) atoms. The summed E-state index contributed by atoms with van der Waals surface area (Å²) in [5.74, 6) is 0.722. The van der Waals surface area contributed by atoms with Gasteiger partial charge in [0.1, 0.15) is 5.82 Å². The molecular weight excluding hydrogens is 266 g/mol. The summed E-state index contributed by atoms with van der Waals surface area (Å²) in [5.41, 5.74) is 6.54. The van der Waals surface area contributed by atoms with Gasteiger partial charge in [0, 0.05) is 31.1 Å². The predicted octanol–water partition coefficient (Wildman–Crippen LogP) is 1.35. The van der Waals surface area contributed by atoms with Crippen LogP contribution in [-0.2, 0) is 0 Å². The summed E-state index contributed by atoms with van der Waals surface area (Å²) in [6.45, 7) is 10.5. The van der Waals surface area contributed by atoms with E-state index in [9.17, 15) is 4.79 Å². The molecule has 0 radical (unpaired) electrons. The predicted molar refractivity (Wildman–Crippen MR) is 83.1 cm³/mol. The van der Waals surface area contributed by atoms with Gasteiger partial charge in [-0.05, 0) is 20.9 Å². The molecule has 0 saturated carbocycles. The van der Waals surface area contributed by atoms with Crippen LogP contribution in [0.5, 0.6) is 0 Å². The SMILES string of the molecule is CC(C)c1ncc(N)c(C(=O)N2CCN(C)C(C)(C)C2)n1. The number of aromatic nitrogens is 2. The topological polar surface area (TPSA) is 75.3 Å². The second-order valence-corrected chi connectivity index (χ2v) is 6.65. The van der Waals surface area contributed by atoms with Crippen LogP contribution in [0.1, 0.15) is 49.9 Å². The second kappa shape index (κ2) is 5.60. The molecule has 0 spiro atoms. The number of anilines is 1. The van der Waals surface area contributed by atoms with Crippen LogP contribution in [0.4, 0.5) is 5.69 Å². The number of nitrogens with zero attached hydrogens (tertiary/aromatic N) is 4. The van der Waals surface area contributed by atoms with E-state index in [-0.39, 0.29) is 17.4 Å². The molecule has 1 aromatic heterocycles. The molecule has 0 bridgehead atoms. The maximum atomic E-state index is 12.7. The quantitative estimate of drug-likeness (QED) is 0.890. The minimum Gasteiger partial charge on any atom is -0.396 e. The van der Waals surface area contributed by atoms with Gasteiger partial charge in [-0.2, -0.15) is 0 Å². The Hall–Kier alpha value is -1.69. The summed E-state index contributed by atoms with van der Waals surface area (Å²) in [7, 11) is 2.08. The van der Waals surface area contributed by atoms with E-state index in [0.29, 0.717) is 30.3 Å². The highest BCUT2D eigenvalue weighted by Crippen LogP contribution is 2.22. The minimum absolute atomic E-state index is 0.0451. The molecule has 116 valence electrons. The van der Waals surface area contributed by atoms with Crippen LogP contribution in [0.25, 0.3) is 0 Å². The summed E-state index contributed by atoms with van der Waals surface area (Å²) in [5, 5.41) is 0. The summed E-state index contributed by atoms with van der Waals surface area (Å²) < 4.78 is 0. The molecule has 6 nitrogen and oxygen atoms in total. The highest BCUT2D eigenvalue weighted by atomic mass is 16.2. The van der Waals surface area contributed by atoms with Gasteiger partial charge in [0.25, 0.3) is 5.91 Å². The van der Waals surface area contributed by atoms with Crippen LogP contribution in [0.2, 0.25) is 0 Å². The van der Waals surface area contributed by atoms with E-state index in [0.717, 1.165) is 6.54 Å². The van der Waals surface area contributed by atoms with Crippen LogP contribution in [0.3, 0.4) is 0 Å². The first-order chi connectivity index (χ1) is 9.72. The van der Waals surface area contributed by atoms with Gasteiger partial charge in [0.05, 0.1) is 11.9 Å². The Balaban J connectivity index is 2.26. The standard InChI is InChI=1S/C15H25N5O/c1-10(2)13-17-8-11(16)12(18-13)14(21)20-7-6-19(5)15(3,4)9-20/h8,10H,6-7,9,16H2,1-5H3. The van der Waals surface area contributed by atoms with E-state index in [1.807, 2.05) is 18.7 Å². The summed E-state index contributed by atoms with van der Waals surface area (Å²) in [6.07, 6.45) is 1.54. The Morgan fingerprint density at radius 1 is 1.38 bits per heavy atom. The molecule has 1 aliphatic rings. The van der Waals surface area contributed by atoms with Gasteiger partial charge in [0.15, 0.2) is 5.69 Å². The number of hydrogen-bond donors (Lipinski definition) is 1. The third-order valence-corrected chi connectivity index (χ3v) is 4.16. The maximum absolute atomic E-state index is 12.7. The van der Waals surface area contributed by atoms with Crippen LogP contribution in [-0.4, -0.2) is 57.9 Å². The molecule has 2 rings (SSSR count). The smallest absolute Gasteiger partial charge is 0.274 e. The third kappa shape index (κ3) is 3.15. The zero-order valence-corrected chi connectivity index (χ0v) is 13.6. The maximum Gasteiger partial charge on any atom is 0.274 e. The normalized spacial score (nSPS) is 19.0. The van der Waals surface area contributed by atoms with Gasteiger partial charge in [-0.15, -0.1) is 0 Å². The Morgan fingerprint density at radius 2 is 2.05 bits per heavy atom. The zero-order chi connectivity index (χ0) is 15.8. The number of nitrogens with two attached hydrogens (primary N) is 1. The lowest BCUT2D eigenvalue weighted by molar-refractivity contribution is 0.0307. The number of carbonyl (C=O) groups excluding carboxylic acids is 1. The number of amides is 1. The average molecular weight is 291 g/mol. The van der Waals surface area contributed by atoms with Gasteiger partial charge in [0.2, 0.25) is 0 Å². The lowest BCUT2D eigenvalue weighted by Gasteiger charge is -2.45. The van der Waals surface area contributed by atoms with Crippen molar-refractivity contribution >= 4 is 11.6 Å². The van der Waals surface area contributed by atoms with Crippen molar-refractivity contribution in [3.63, 3.8) is 0 Å². The summed E-state index contributed by atoms with van der Waals surface area (Å²) in [6, 6.07) is 0. The van der Waals surface area contributed by atoms with Gasteiger partial charge in [-0.25, -0.2) is 9.97 Å². The minimum atomic E-state index is -0.0991. The lowest BCUT2D eigenvalue weighted by Crippen LogP contribution is -2.59. The Labute approximate surface area is 126 Å². The molecule has 0 unspecified atom stereocenters. The molecule has 1 amide bonds. The highest BCUT2D eigenvalue weighted by Gasteiger charge is 2.34. The third-order valence-electron chi connectivity index (χ3n) is 4.16. The molecule has 1 aromatic rings. The highest BCUT2D eigenvalue weighted by molar-refractivity contribution is 5.97. The molecule has 0 aromatic carbocycles. The van der Waals surface area contributed by atoms with Crippen molar-refractivity contribution in [3.8, 4) is 0 Å². The van der Waals surface area contributed by atoms with E-state index in [1.165, 1.54) is 6.20 Å². The molecule has 1 fully saturated rings. The van der Waals surface area contributed by atoms with E-state index in [1.54, 1.807) is 0 Å². The van der Waals surface area contributed by atoms with E-state index in [2.05, 4.69) is 35.8 Å². The van der Waals surface area contributed by atoms with Crippen LogP contribution in [0, 0.1) is 0 Å². The Morgan fingerprint density at radius 3 is 2.62 bits per heavy atom. The van der Waals surface area contributed by atoms with Crippen molar-refractivity contribution in [2.45, 2.75) is 39.2 Å². The van der Waals surface area contributed by atoms with E-state index < -0.39 is 0 Å². The molecule has 2 heterocycles. The Bertz CT molecular complexity index is 541. The summed E-state index contributed by atoms with van der Waals surface area (Å²) in [4.78, 5) is 25.4. The van der Waals surface area contributed by atoms with Crippen molar-refractivity contribution in [2.24, 2.45) is 0 Å². The zero-order valence-electron chi connectivity index (χ0n) is 13.6. The molecule has 2 N–H and O–H groups in total. The van der Waals surface area contributed by atoms with Gasteiger partial charge < -0.3 is 10.6 Å². The van der Waals surface area contributed by atoms with Gasteiger partial charge in [-0.3, -0.25) is 9.69 Å². The van der Waals surface area contributed by atoms with Crippen molar-refractivity contribution in [1.29, 1.82) is 0 Å². The average Bonchev–Trinajstić information content (AvgIpc) is 2.41. The van der Waals surface area contributed by atoms with Crippen LogP contribution in [0.15, 0.2) is 6.20 Å². The molecule has 1 saturated heterocycles. The molecule has 1 aliphatic heterocycles. The number of likely N-dealkylation sites (N-methyl/N-ethyl adjacent to an activating group) is 1. The Kier molecular flexibility index (Phi) is 4.18.